The van der Waals surface area contributed by atoms with Gasteiger partial charge in [-0.2, -0.15) is 0 Å². The largest absolute Gasteiger partial charge is 0.444 e. The summed E-state index contributed by atoms with van der Waals surface area (Å²) in [6.45, 7) is 5.33. The molecule has 1 amide bonds. The highest BCUT2D eigenvalue weighted by molar-refractivity contribution is 5.87. The van der Waals surface area contributed by atoms with Crippen molar-refractivity contribution in [2.45, 2.75) is 32.8 Å². The molecule has 4 heteroatoms. The number of aldehydes is 1. The van der Waals surface area contributed by atoms with Crippen molar-refractivity contribution in [2.75, 3.05) is 0 Å². The first-order valence-corrected chi connectivity index (χ1v) is 6.50. The number of carbonyl (C=O) groups excluding carboxylic acids is 2. The maximum Gasteiger partial charge on any atom is 0.408 e. The Bertz CT molecular complexity index is 555. The lowest BCUT2D eigenvalue weighted by atomic mass is 10.1. The van der Waals surface area contributed by atoms with E-state index in [9.17, 15) is 9.59 Å². The van der Waals surface area contributed by atoms with Crippen molar-refractivity contribution in [1.29, 1.82) is 0 Å². The summed E-state index contributed by atoms with van der Waals surface area (Å²) in [4.78, 5) is 22.9. The zero-order chi connectivity index (χ0) is 14.8. The first-order valence-electron chi connectivity index (χ1n) is 6.50. The van der Waals surface area contributed by atoms with Crippen LogP contribution in [0.15, 0.2) is 29.8 Å². The van der Waals surface area contributed by atoms with Gasteiger partial charge in [-0.05, 0) is 43.9 Å². The van der Waals surface area contributed by atoms with Gasteiger partial charge in [-0.15, -0.1) is 0 Å². The van der Waals surface area contributed by atoms with Crippen LogP contribution < -0.4 is 5.32 Å². The van der Waals surface area contributed by atoms with Gasteiger partial charge in [-0.25, -0.2) is 4.79 Å². The molecule has 0 aliphatic heterocycles. The summed E-state index contributed by atoms with van der Waals surface area (Å²) in [5, 5.41) is 2.52. The van der Waals surface area contributed by atoms with Crippen LogP contribution in [0.1, 0.15) is 31.9 Å². The maximum atomic E-state index is 11.7. The number of hydrogen-bond acceptors (Lipinski definition) is 3. The maximum absolute atomic E-state index is 11.7. The molecule has 0 fully saturated rings. The molecule has 1 radical (unpaired) electrons. The van der Waals surface area contributed by atoms with Crippen molar-refractivity contribution in [2.24, 2.45) is 0 Å². The highest BCUT2D eigenvalue weighted by Crippen LogP contribution is 2.28. The van der Waals surface area contributed by atoms with Gasteiger partial charge in [-0.1, -0.05) is 30.3 Å². The van der Waals surface area contributed by atoms with Crippen LogP contribution in [0.4, 0.5) is 4.79 Å². The van der Waals surface area contributed by atoms with Gasteiger partial charge in [0.25, 0.3) is 0 Å². The third kappa shape index (κ3) is 3.47. The first kappa shape index (κ1) is 14.3. The molecule has 1 aliphatic carbocycles. The molecule has 0 atom stereocenters. The molecular formula is C16H18NO3. The monoisotopic (exact) mass is 272 g/mol. The minimum atomic E-state index is -0.614. The van der Waals surface area contributed by atoms with Gasteiger partial charge >= 0.3 is 6.09 Å². The Kier molecular flexibility index (Phi) is 3.93. The lowest BCUT2D eigenvalue weighted by Gasteiger charge is -2.21. The molecule has 4 nitrogen and oxygen atoms in total. The molecule has 0 saturated heterocycles. The first-order chi connectivity index (χ1) is 9.39. The van der Waals surface area contributed by atoms with E-state index < -0.39 is 11.7 Å². The van der Waals surface area contributed by atoms with Crippen molar-refractivity contribution < 1.29 is 14.3 Å². The van der Waals surface area contributed by atoms with Gasteiger partial charge in [0.15, 0.2) is 12.3 Å². The lowest BCUT2D eigenvalue weighted by molar-refractivity contribution is -0.106. The summed E-state index contributed by atoms with van der Waals surface area (Å²) in [5.74, 6) is 0. The number of amides is 1. The molecule has 20 heavy (non-hydrogen) atoms. The van der Waals surface area contributed by atoms with E-state index in [0.717, 1.165) is 16.7 Å². The minimum Gasteiger partial charge on any atom is -0.444 e. The fraction of sp³-hybridized carbons (Fsp3) is 0.312. The number of benzene rings is 1. The lowest BCUT2D eigenvalue weighted by Crippen LogP contribution is -2.36. The van der Waals surface area contributed by atoms with Crippen LogP contribution in [-0.4, -0.2) is 18.0 Å². The zero-order valence-electron chi connectivity index (χ0n) is 11.9. The molecule has 0 unspecified atom stereocenters. The van der Waals surface area contributed by atoms with Crippen LogP contribution in [0.5, 0.6) is 0 Å². The van der Waals surface area contributed by atoms with Crippen molar-refractivity contribution in [3.8, 4) is 0 Å². The van der Waals surface area contributed by atoms with E-state index in [2.05, 4.69) is 5.32 Å². The van der Waals surface area contributed by atoms with Crippen molar-refractivity contribution in [3.63, 3.8) is 0 Å². The second-order valence-corrected chi connectivity index (χ2v) is 5.70. The Hall–Kier alpha value is -2.10. The van der Waals surface area contributed by atoms with Gasteiger partial charge in [0, 0.05) is 0 Å². The predicted molar refractivity (Wildman–Crippen MR) is 76.8 cm³/mol. The fourth-order valence-electron chi connectivity index (χ4n) is 2.05. The Morgan fingerprint density at radius 3 is 2.60 bits per heavy atom. The van der Waals surface area contributed by atoms with Crippen LogP contribution in [0.2, 0.25) is 0 Å². The Morgan fingerprint density at radius 2 is 2.00 bits per heavy atom. The summed E-state index contributed by atoms with van der Waals surface area (Å²) in [5.41, 5.74) is 2.43. The minimum absolute atomic E-state index is 0.260. The standard InChI is InChI=1S/C16H18NO3/c1-16(2,3)20-15(19)17-14(10-18)13-8-11-6-4-5-7-12(11)9-13/h4-8,10H,9H2,1-3H3,(H,17,19). The molecule has 0 aromatic heterocycles. The quantitative estimate of drug-likeness (QED) is 0.861. The summed E-state index contributed by atoms with van der Waals surface area (Å²) in [7, 11) is 0. The summed E-state index contributed by atoms with van der Waals surface area (Å²) >= 11 is 0. The fourth-order valence-corrected chi connectivity index (χ4v) is 2.05. The third-order valence-electron chi connectivity index (χ3n) is 2.87. The van der Waals surface area contributed by atoms with Gasteiger partial charge in [0.05, 0.1) is 0 Å². The SMILES string of the molecule is CC(C)(C)OC(=O)N[C](C=O)C1=Cc2ccccc2C1. The number of hydrogen-bond donors (Lipinski definition) is 1. The van der Waals surface area contributed by atoms with E-state index in [1.807, 2.05) is 30.3 Å². The Balaban J connectivity index is 2.05. The highest BCUT2D eigenvalue weighted by atomic mass is 16.6. The Morgan fingerprint density at radius 1 is 1.30 bits per heavy atom. The summed E-state index contributed by atoms with van der Waals surface area (Å²) < 4.78 is 5.15. The molecule has 1 aromatic rings. The van der Waals surface area contributed by atoms with Gasteiger partial charge in [0.2, 0.25) is 0 Å². The molecule has 1 aliphatic rings. The van der Waals surface area contributed by atoms with Crippen molar-refractivity contribution in [3.05, 3.63) is 47.0 Å². The second-order valence-electron chi connectivity index (χ2n) is 5.70. The molecular weight excluding hydrogens is 254 g/mol. The van der Waals surface area contributed by atoms with E-state index in [1.54, 1.807) is 20.8 Å². The molecule has 1 N–H and O–H groups in total. The van der Waals surface area contributed by atoms with Crippen molar-refractivity contribution >= 4 is 18.5 Å². The molecule has 105 valence electrons. The van der Waals surface area contributed by atoms with E-state index >= 15 is 0 Å². The van der Waals surface area contributed by atoms with E-state index in [-0.39, 0.29) is 6.04 Å². The molecule has 1 aromatic carbocycles. The predicted octanol–water partition coefficient (Wildman–Crippen LogP) is 2.88. The number of nitrogens with one attached hydrogen (secondary N) is 1. The number of ether oxygens (including phenoxy) is 1. The van der Waals surface area contributed by atoms with E-state index in [4.69, 9.17) is 4.74 Å². The van der Waals surface area contributed by atoms with Crippen LogP contribution in [0, 0.1) is 6.04 Å². The number of alkyl carbamates (subject to hydrolysis) is 1. The number of fused-ring (bicyclic) bond motifs is 1. The van der Waals surface area contributed by atoms with Crippen LogP contribution in [0.3, 0.4) is 0 Å². The van der Waals surface area contributed by atoms with Crippen molar-refractivity contribution in [1.82, 2.24) is 5.32 Å². The molecule has 0 heterocycles. The van der Waals surface area contributed by atoms with E-state index in [1.165, 1.54) is 0 Å². The molecule has 0 spiro atoms. The normalized spacial score (nSPS) is 13.7. The van der Waals surface area contributed by atoms with E-state index in [0.29, 0.717) is 12.7 Å². The highest BCUT2D eigenvalue weighted by Gasteiger charge is 2.25. The molecule has 0 bridgehead atoms. The summed E-state index contributed by atoms with van der Waals surface area (Å²) in [6.07, 6.45) is 2.59. The van der Waals surface area contributed by atoms with Gasteiger partial charge in [-0.3, -0.25) is 0 Å². The average molecular weight is 272 g/mol. The van der Waals surface area contributed by atoms with Gasteiger partial charge in [0.1, 0.15) is 5.60 Å². The molecule has 2 rings (SSSR count). The topological polar surface area (TPSA) is 55.4 Å². The smallest absolute Gasteiger partial charge is 0.408 e. The van der Waals surface area contributed by atoms with Crippen LogP contribution >= 0.6 is 0 Å². The number of carbonyl (C=O) groups is 2. The zero-order valence-corrected chi connectivity index (χ0v) is 11.9. The van der Waals surface area contributed by atoms with Crippen LogP contribution in [-0.2, 0) is 16.0 Å². The summed E-state index contributed by atoms with van der Waals surface area (Å²) in [6, 6.07) is 8.15. The molecule has 0 saturated carbocycles. The Labute approximate surface area is 118 Å². The third-order valence-corrected chi connectivity index (χ3v) is 2.87. The average Bonchev–Trinajstić information content (AvgIpc) is 2.77. The van der Waals surface area contributed by atoms with Gasteiger partial charge < -0.3 is 14.8 Å². The second kappa shape index (κ2) is 5.49. The number of rotatable bonds is 3. The van der Waals surface area contributed by atoms with Crippen LogP contribution in [0.25, 0.3) is 6.08 Å².